The lowest BCUT2D eigenvalue weighted by molar-refractivity contribution is -0.142. The summed E-state index contributed by atoms with van der Waals surface area (Å²) in [4.78, 5) is 26.5. The molecule has 92 valence electrons. The second-order valence-electron chi connectivity index (χ2n) is 5.25. The molecule has 1 aliphatic rings. The standard InChI is InChI=1S/C11H21N3O2/c1-8(15)14-6-5-13(11(2,3)4)7-9(14)10(12)16/h9H,5-7H2,1-4H3,(H2,12,16). The third-order valence-corrected chi connectivity index (χ3v) is 3.06. The zero-order chi connectivity index (χ0) is 12.5. The van der Waals surface area contributed by atoms with Crippen LogP contribution in [0, 0.1) is 0 Å². The molecule has 1 unspecified atom stereocenters. The lowest BCUT2D eigenvalue weighted by atomic mass is 10.0. The minimum absolute atomic E-state index is 0.00339. The van der Waals surface area contributed by atoms with Crippen molar-refractivity contribution >= 4 is 11.8 Å². The van der Waals surface area contributed by atoms with Crippen molar-refractivity contribution in [3.63, 3.8) is 0 Å². The van der Waals surface area contributed by atoms with Crippen LogP contribution in [0.3, 0.4) is 0 Å². The van der Waals surface area contributed by atoms with E-state index in [9.17, 15) is 9.59 Å². The van der Waals surface area contributed by atoms with Gasteiger partial charge in [0.2, 0.25) is 11.8 Å². The second kappa shape index (κ2) is 4.41. The monoisotopic (exact) mass is 227 g/mol. The highest BCUT2D eigenvalue weighted by molar-refractivity contribution is 5.86. The number of hydrogen-bond acceptors (Lipinski definition) is 3. The highest BCUT2D eigenvalue weighted by Gasteiger charge is 2.36. The van der Waals surface area contributed by atoms with Crippen molar-refractivity contribution in [2.24, 2.45) is 5.73 Å². The summed E-state index contributed by atoms with van der Waals surface area (Å²) in [6.45, 7) is 9.63. The van der Waals surface area contributed by atoms with Gasteiger partial charge < -0.3 is 10.6 Å². The molecule has 0 spiro atoms. The van der Waals surface area contributed by atoms with E-state index >= 15 is 0 Å². The smallest absolute Gasteiger partial charge is 0.241 e. The Morgan fingerprint density at radius 1 is 1.25 bits per heavy atom. The zero-order valence-corrected chi connectivity index (χ0v) is 10.5. The number of hydrogen-bond donors (Lipinski definition) is 1. The van der Waals surface area contributed by atoms with Gasteiger partial charge in [0.15, 0.2) is 0 Å². The van der Waals surface area contributed by atoms with E-state index in [0.717, 1.165) is 6.54 Å². The van der Waals surface area contributed by atoms with Crippen LogP contribution in [0.5, 0.6) is 0 Å². The van der Waals surface area contributed by atoms with Gasteiger partial charge in [-0.15, -0.1) is 0 Å². The molecule has 1 aliphatic heterocycles. The third-order valence-electron chi connectivity index (χ3n) is 3.06. The number of primary amides is 1. The van der Waals surface area contributed by atoms with E-state index < -0.39 is 11.9 Å². The molecule has 0 saturated carbocycles. The molecule has 1 fully saturated rings. The largest absolute Gasteiger partial charge is 0.368 e. The van der Waals surface area contributed by atoms with Crippen molar-refractivity contribution in [2.75, 3.05) is 19.6 Å². The van der Waals surface area contributed by atoms with Crippen molar-refractivity contribution in [2.45, 2.75) is 39.3 Å². The average molecular weight is 227 g/mol. The quantitative estimate of drug-likeness (QED) is 0.675. The molecule has 0 aromatic rings. The van der Waals surface area contributed by atoms with Gasteiger partial charge in [-0.2, -0.15) is 0 Å². The van der Waals surface area contributed by atoms with Gasteiger partial charge in [-0.1, -0.05) is 0 Å². The first-order valence-electron chi connectivity index (χ1n) is 5.55. The number of nitrogens with two attached hydrogens (primary N) is 1. The summed E-state index contributed by atoms with van der Waals surface area (Å²) in [6.07, 6.45) is 0. The normalized spacial score (nSPS) is 23.2. The van der Waals surface area contributed by atoms with E-state index in [1.54, 1.807) is 4.90 Å². The SMILES string of the molecule is CC(=O)N1CCN(C(C)(C)C)CC1C(N)=O. The van der Waals surface area contributed by atoms with Crippen LogP contribution in [-0.2, 0) is 9.59 Å². The summed E-state index contributed by atoms with van der Waals surface area (Å²) in [7, 11) is 0. The molecule has 2 amide bonds. The van der Waals surface area contributed by atoms with Gasteiger partial charge in [-0.25, -0.2) is 0 Å². The Kier molecular flexibility index (Phi) is 3.57. The molecule has 0 bridgehead atoms. The first-order valence-corrected chi connectivity index (χ1v) is 5.55. The highest BCUT2D eigenvalue weighted by atomic mass is 16.2. The van der Waals surface area contributed by atoms with E-state index in [0.29, 0.717) is 13.1 Å². The summed E-state index contributed by atoms with van der Waals surface area (Å²) < 4.78 is 0. The Balaban J connectivity index is 2.81. The molecule has 0 aliphatic carbocycles. The van der Waals surface area contributed by atoms with Crippen molar-refractivity contribution in [1.82, 2.24) is 9.80 Å². The second-order valence-corrected chi connectivity index (χ2v) is 5.25. The summed E-state index contributed by atoms with van der Waals surface area (Å²) in [6, 6.07) is -0.495. The molecule has 1 atom stereocenters. The Morgan fingerprint density at radius 3 is 2.19 bits per heavy atom. The fourth-order valence-corrected chi connectivity index (χ4v) is 2.01. The summed E-state index contributed by atoms with van der Waals surface area (Å²) in [5.41, 5.74) is 5.34. The van der Waals surface area contributed by atoms with Crippen LogP contribution in [0.25, 0.3) is 0 Å². The van der Waals surface area contributed by atoms with Crippen molar-refractivity contribution < 1.29 is 9.59 Å². The Hall–Kier alpha value is -1.10. The van der Waals surface area contributed by atoms with E-state index in [1.165, 1.54) is 6.92 Å². The molecule has 2 N–H and O–H groups in total. The Morgan fingerprint density at radius 2 is 1.81 bits per heavy atom. The number of rotatable bonds is 1. The van der Waals surface area contributed by atoms with Gasteiger partial charge in [-0.05, 0) is 20.8 Å². The topological polar surface area (TPSA) is 66.6 Å². The lowest BCUT2D eigenvalue weighted by Crippen LogP contribution is -2.62. The molecule has 0 radical (unpaired) electrons. The van der Waals surface area contributed by atoms with E-state index in [4.69, 9.17) is 5.73 Å². The van der Waals surface area contributed by atoms with E-state index in [2.05, 4.69) is 25.7 Å². The first-order chi connectivity index (χ1) is 7.23. The fourth-order valence-electron chi connectivity index (χ4n) is 2.01. The van der Waals surface area contributed by atoms with Gasteiger partial charge in [-0.3, -0.25) is 14.5 Å². The molecular weight excluding hydrogens is 206 g/mol. The van der Waals surface area contributed by atoms with Gasteiger partial charge >= 0.3 is 0 Å². The van der Waals surface area contributed by atoms with Gasteiger partial charge in [0.05, 0.1) is 0 Å². The molecule has 1 heterocycles. The van der Waals surface area contributed by atoms with E-state index in [-0.39, 0.29) is 11.4 Å². The van der Waals surface area contributed by atoms with Crippen LogP contribution < -0.4 is 5.73 Å². The summed E-state index contributed by atoms with van der Waals surface area (Å²) in [5, 5.41) is 0. The molecule has 5 nitrogen and oxygen atoms in total. The maximum Gasteiger partial charge on any atom is 0.241 e. The zero-order valence-electron chi connectivity index (χ0n) is 10.5. The van der Waals surface area contributed by atoms with Crippen LogP contribution in [0.4, 0.5) is 0 Å². The molecule has 0 aromatic heterocycles. The predicted molar refractivity (Wildman–Crippen MR) is 61.7 cm³/mol. The lowest BCUT2D eigenvalue weighted by Gasteiger charge is -2.45. The molecule has 1 saturated heterocycles. The molecule has 16 heavy (non-hydrogen) atoms. The molecule has 5 heteroatoms. The molecule has 0 aromatic carbocycles. The van der Waals surface area contributed by atoms with E-state index in [1.807, 2.05) is 0 Å². The Bertz CT molecular complexity index is 296. The minimum atomic E-state index is -0.495. The van der Waals surface area contributed by atoms with Crippen LogP contribution >= 0.6 is 0 Å². The maximum atomic E-state index is 11.4. The number of carbonyl (C=O) groups is 2. The van der Waals surface area contributed by atoms with Crippen LogP contribution in [0.15, 0.2) is 0 Å². The minimum Gasteiger partial charge on any atom is -0.368 e. The maximum absolute atomic E-state index is 11.4. The van der Waals surface area contributed by atoms with Crippen molar-refractivity contribution in [3.05, 3.63) is 0 Å². The number of nitrogens with zero attached hydrogens (tertiary/aromatic N) is 2. The summed E-state index contributed by atoms with van der Waals surface area (Å²) in [5.74, 6) is -0.512. The number of amides is 2. The first kappa shape index (κ1) is 13.0. The highest BCUT2D eigenvalue weighted by Crippen LogP contribution is 2.19. The number of piperazine rings is 1. The third kappa shape index (κ3) is 2.72. The van der Waals surface area contributed by atoms with Crippen LogP contribution in [0.2, 0.25) is 0 Å². The van der Waals surface area contributed by atoms with Crippen molar-refractivity contribution in [3.8, 4) is 0 Å². The van der Waals surface area contributed by atoms with Gasteiger partial charge in [0.25, 0.3) is 0 Å². The number of carbonyl (C=O) groups excluding carboxylic acids is 2. The van der Waals surface area contributed by atoms with Gasteiger partial charge in [0, 0.05) is 32.1 Å². The molecule has 1 rings (SSSR count). The summed E-state index contributed by atoms with van der Waals surface area (Å²) >= 11 is 0. The van der Waals surface area contributed by atoms with Crippen LogP contribution in [0.1, 0.15) is 27.7 Å². The fraction of sp³-hybridized carbons (Fsp3) is 0.818. The predicted octanol–water partition coefficient (Wildman–Crippen LogP) is -0.197. The van der Waals surface area contributed by atoms with Crippen molar-refractivity contribution in [1.29, 1.82) is 0 Å². The molecular formula is C11H21N3O2. The average Bonchev–Trinajstić information content (AvgIpc) is 2.15. The Labute approximate surface area is 96.6 Å². The van der Waals surface area contributed by atoms with Gasteiger partial charge in [0.1, 0.15) is 6.04 Å². The van der Waals surface area contributed by atoms with Crippen LogP contribution in [-0.4, -0.2) is 52.8 Å².